The summed E-state index contributed by atoms with van der Waals surface area (Å²) < 4.78 is 35.0. The Morgan fingerprint density at radius 1 is 1.36 bits per heavy atom. The van der Waals surface area contributed by atoms with Crippen molar-refractivity contribution >= 4 is 21.6 Å². The molecule has 7 nitrogen and oxygen atoms in total. The zero-order valence-electron chi connectivity index (χ0n) is 12.4. The average Bonchev–Trinajstić information content (AvgIpc) is 2.91. The van der Waals surface area contributed by atoms with Crippen molar-refractivity contribution in [1.29, 1.82) is 0 Å². The second kappa shape index (κ2) is 6.18. The number of carbonyl (C=O) groups is 1. The summed E-state index contributed by atoms with van der Waals surface area (Å²) in [6.07, 6.45) is 0. The third kappa shape index (κ3) is 3.11. The molecule has 2 rings (SSSR count). The first kappa shape index (κ1) is 16.0. The number of carbonyl (C=O) groups excluding carboxylic acids is 1. The number of nitrogens with one attached hydrogen (secondary N) is 1. The third-order valence-corrected chi connectivity index (χ3v) is 5.18. The van der Waals surface area contributed by atoms with Gasteiger partial charge < -0.3 is 9.26 Å². The summed E-state index contributed by atoms with van der Waals surface area (Å²) >= 11 is 0. The molecule has 1 amide bonds. The predicted molar refractivity (Wildman–Crippen MR) is 79.5 cm³/mol. The molecule has 0 spiro atoms. The highest BCUT2D eigenvalue weighted by molar-refractivity contribution is 7.93. The van der Waals surface area contributed by atoms with Crippen molar-refractivity contribution in [2.75, 3.05) is 12.4 Å². The molecule has 0 aliphatic rings. The summed E-state index contributed by atoms with van der Waals surface area (Å²) in [4.78, 5) is 12.1. The van der Waals surface area contributed by atoms with E-state index >= 15 is 0 Å². The Kier molecular flexibility index (Phi) is 4.51. The van der Waals surface area contributed by atoms with E-state index in [1.807, 2.05) is 0 Å². The minimum absolute atomic E-state index is 0.0334. The van der Waals surface area contributed by atoms with Crippen LogP contribution in [0.5, 0.6) is 5.75 Å². The smallest absolute Gasteiger partial charge is 0.245 e. The van der Waals surface area contributed by atoms with Crippen LogP contribution in [0.1, 0.15) is 12.6 Å². The second-order valence-corrected chi connectivity index (χ2v) is 6.90. The van der Waals surface area contributed by atoms with E-state index in [0.29, 0.717) is 5.69 Å². The summed E-state index contributed by atoms with van der Waals surface area (Å²) in [6, 6.07) is 7.65. The van der Waals surface area contributed by atoms with Gasteiger partial charge in [-0.15, -0.1) is 0 Å². The fourth-order valence-electron chi connectivity index (χ4n) is 1.83. The van der Waals surface area contributed by atoms with Gasteiger partial charge in [0.1, 0.15) is 15.9 Å². The van der Waals surface area contributed by atoms with Gasteiger partial charge in [0.15, 0.2) is 9.84 Å². The minimum atomic E-state index is -3.89. The number of rotatable bonds is 5. The molecular formula is C14H16N2O5S. The van der Waals surface area contributed by atoms with Gasteiger partial charge in [0, 0.05) is 6.07 Å². The number of hydrogen-bond acceptors (Lipinski definition) is 6. The standard InChI is InChI=1S/C14H16N2O5S/c1-9-8-13(21-16-9)15-14(17)10(2)22(18,19)12-7-5-4-6-11(12)20-3/h4-8,10H,1-3H3,(H,15,17). The molecular weight excluding hydrogens is 308 g/mol. The van der Waals surface area contributed by atoms with E-state index in [1.54, 1.807) is 19.1 Å². The molecule has 2 aromatic rings. The van der Waals surface area contributed by atoms with Crippen molar-refractivity contribution in [3.8, 4) is 5.75 Å². The Morgan fingerprint density at radius 2 is 2.05 bits per heavy atom. The zero-order valence-corrected chi connectivity index (χ0v) is 13.2. The van der Waals surface area contributed by atoms with Gasteiger partial charge in [-0.25, -0.2) is 8.42 Å². The molecule has 1 atom stereocenters. The number of para-hydroxylation sites is 1. The van der Waals surface area contributed by atoms with E-state index in [1.165, 1.54) is 32.2 Å². The third-order valence-electron chi connectivity index (χ3n) is 3.08. The molecule has 1 aromatic carbocycles. The number of nitrogens with zero attached hydrogens (tertiary/aromatic N) is 1. The van der Waals surface area contributed by atoms with Gasteiger partial charge in [-0.2, -0.15) is 0 Å². The number of amides is 1. The van der Waals surface area contributed by atoms with Crippen molar-refractivity contribution in [3.63, 3.8) is 0 Å². The largest absolute Gasteiger partial charge is 0.495 e. The van der Waals surface area contributed by atoms with Crippen LogP contribution in [0, 0.1) is 6.92 Å². The highest BCUT2D eigenvalue weighted by atomic mass is 32.2. The Bertz CT molecular complexity index is 782. The molecule has 118 valence electrons. The van der Waals surface area contributed by atoms with Crippen molar-refractivity contribution < 1.29 is 22.5 Å². The normalized spacial score (nSPS) is 12.7. The lowest BCUT2D eigenvalue weighted by Crippen LogP contribution is -2.32. The molecule has 1 unspecified atom stereocenters. The van der Waals surface area contributed by atoms with Crippen molar-refractivity contribution in [1.82, 2.24) is 5.16 Å². The molecule has 0 fully saturated rings. The maximum Gasteiger partial charge on any atom is 0.245 e. The molecule has 1 heterocycles. The van der Waals surface area contributed by atoms with Crippen LogP contribution in [0.3, 0.4) is 0 Å². The van der Waals surface area contributed by atoms with Gasteiger partial charge in [-0.3, -0.25) is 10.1 Å². The summed E-state index contributed by atoms with van der Waals surface area (Å²) in [5.74, 6) is -0.413. The zero-order chi connectivity index (χ0) is 16.3. The Hall–Kier alpha value is -2.35. The topological polar surface area (TPSA) is 98.5 Å². The first-order valence-corrected chi connectivity index (χ1v) is 8.02. The quantitative estimate of drug-likeness (QED) is 0.900. The summed E-state index contributed by atoms with van der Waals surface area (Å²) in [7, 11) is -2.52. The molecule has 1 N–H and O–H groups in total. The Balaban J connectivity index is 2.26. The number of anilines is 1. The second-order valence-electron chi connectivity index (χ2n) is 4.66. The van der Waals surface area contributed by atoms with Gasteiger partial charge in [-0.1, -0.05) is 17.3 Å². The van der Waals surface area contributed by atoms with Crippen LogP contribution in [0.4, 0.5) is 5.88 Å². The Morgan fingerprint density at radius 3 is 2.64 bits per heavy atom. The van der Waals surface area contributed by atoms with E-state index in [4.69, 9.17) is 9.26 Å². The number of aromatic nitrogens is 1. The molecule has 0 saturated heterocycles. The number of aryl methyl sites for hydroxylation is 1. The van der Waals surface area contributed by atoms with Crippen LogP contribution < -0.4 is 10.1 Å². The van der Waals surface area contributed by atoms with Crippen LogP contribution in [0.2, 0.25) is 0 Å². The number of methoxy groups -OCH3 is 1. The summed E-state index contributed by atoms with van der Waals surface area (Å²) in [5.41, 5.74) is 0.579. The van der Waals surface area contributed by atoms with Gasteiger partial charge in [0.2, 0.25) is 11.8 Å². The van der Waals surface area contributed by atoms with E-state index < -0.39 is 21.0 Å². The summed E-state index contributed by atoms with van der Waals surface area (Å²) in [5, 5.41) is 4.69. The molecule has 0 bridgehead atoms. The molecule has 0 radical (unpaired) electrons. The predicted octanol–water partition coefficient (Wildman–Crippen LogP) is 1.79. The average molecular weight is 324 g/mol. The molecule has 8 heteroatoms. The summed E-state index contributed by atoms with van der Waals surface area (Å²) in [6.45, 7) is 2.99. The fraction of sp³-hybridized carbons (Fsp3) is 0.286. The van der Waals surface area contributed by atoms with Crippen molar-refractivity contribution in [2.45, 2.75) is 24.0 Å². The number of ether oxygens (including phenoxy) is 1. The van der Waals surface area contributed by atoms with Crippen LogP contribution in [-0.4, -0.2) is 31.8 Å². The highest BCUT2D eigenvalue weighted by Crippen LogP contribution is 2.27. The number of hydrogen-bond donors (Lipinski definition) is 1. The number of benzene rings is 1. The fourth-order valence-corrected chi connectivity index (χ4v) is 3.25. The molecule has 22 heavy (non-hydrogen) atoms. The van der Waals surface area contributed by atoms with Crippen molar-refractivity contribution in [3.05, 3.63) is 36.0 Å². The highest BCUT2D eigenvalue weighted by Gasteiger charge is 2.32. The monoisotopic (exact) mass is 324 g/mol. The maximum atomic E-state index is 12.6. The van der Waals surface area contributed by atoms with Crippen LogP contribution in [0.25, 0.3) is 0 Å². The lowest BCUT2D eigenvalue weighted by molar-refractivity contribution is -0.115. The van der Waals surface area contributed by atoms with Crippen LogP contribution in [-0.2, 0) is 14.6 Å². The SMILES string of the molecule is COc1ccccc1S(=O)(=O)C(C)C(=O)Nc1cc(C)no1. The first-order chi connectivity index (χ1) is 10.4. The van der Waals surface area contributed by atoms with Gasteiger partial charge in [0.25, 0.3) is 0 Å². The molecule has 0 saturated carbocycles. The van der Waals surface area contributed by atoms with E-state index in [0.717, 1.165) is 0 Å². The lowest BCUT2D eigenvalue weighted by atomic mass is 10.3. The van der Waals surface area contributed by atoms with Crippen molar-refractivity contribution in [2.24, 2.45) is 0 Å². The van der Waals surface area contributed by atoms with Crippen LogP contribution >= 0.6 is 0 Å². The lowest BCUT2D eigenvalue weighted by Gasteiger charge is -2.14. The first-order valence-electron chi connectivity index (χ1n) is 6.47. The Labute approximate surface area is 128 Å². The number of sulfone groups is 1. The van der Waals surface area contributed by atoms with E-state index in [-0.39, 0.29) is 16.5 Å². The van der Waals surface area contributed by atoms with Gasteiger partial charge in [-0.05, 0) is 26.0 Å². The minimum Gasteiger partial charge on any atom is -0.495 e. The van der Waals surface area contributed by atoms with Gasteiger partial charge in [0.05, 0.1) is 12.8 Å². The molecule has 1 aromatic heterocycles. The maximum absolute atomic E-state index is 12.6. The molecule has 0 aliphatic heterocycles. The van der Waals surface area contributed by atoms with Gasteiger partial charge >= 0.3 is 0 Å². The van der Waals surface area contributed by atoms with Crippen LogP contribution in [0.15, 0.2) is 39.8 Å². The molecule has 0 aliphatic carbocycles. The van der Waals surface area contributed by atoms with E-state index in [9.17, 15) is 13.2 Å². The van der Waals surface area contributed by atoms with E-state index in [2.05, 4.69) is 10.5 Å².